The van der Waals surface area contributed by atoms with E-state index in [-0.39, 0.29) is 11.7 Å². The van der Waals surface area contributed by atoms with E-state index in [2.05, 4.69) is 30.9 Å². The number of benzene rings is 2. The van der Waals surface area contributed by atoms with Crippen molar-refractivity contribution < 1.29 is 19.4 Å². The highest BCUT2D eigenvalue weighted by Crippen LogP contribution is 2.66. The summed E-state index contributed by atoms with van der Waals surface area (Å²) in [6.07, 6.45) is 8.41. The van der Waals surface area contributed by atoms with E-state index in [1.807, 2.05) is 30.3 Å². The molecule has 2 saturated carbocycles. The minimum Gasteiger partial charge on any atom is -0.497 e. The van der Waals surface area contributed by atoms with Crippen molar-refractivity contribution in [1.29, 1.82) is 0 Å². The first kappa shape index (κ1) is 24.9. The lowest BCUT2D eigenvalue weighted by Crippen LogP contribution is -2.51. The molecule has 0 radical (unpaired) electrons. The number of fused-ring (bicyclic) bond motifs is 4. The Labute approximate surface area is 224 Å². The molecule has 4 nitrogen and oxygen atoms in total. The molecule has 0 amide bonds. The van der Waals surface area contributed by atoms with Gasteiger partial charge in [-0.25, -0.2) is 0 Å². The second kappa shape index (κ2) is 9.40. The molecule has 1 N–H and O–H groups in total. The minimum absolute atomic E-state index is 0.132. The fourth-order valence-corrected chi connectivity index (χ4v) is 7.89. The van der Waals surface area contributed by atoms with E-state index in [9.17, 15) is 14.7 Å². The second-order valence-electron chi connectivity index (χ2n) is 11.7. The van der Waals surface area contributed by atoms with E-state index in [0.29, 0.717) is 30.2 Å². The molecule has 5 atom stereocenters. The Balaban J connectivity index is 1.47. The second-order valence-corrected chi connectivity index (χ2v) is 11.7. The van der Waals surface area contributed by atoms with Crippen molar-refractivity contribution >= 4 is 12.1 Å². The van der Waals surface area contributed by atoms with Gasteiger partial charge in [0, 0.05) is 28.9 Å². The molecule has 2 aromatic rings. The van der Waals surface area contributed by atoms with Crippen LogP contribution < -0.4 is 4.74 Å². The lowest BCUT2D eigenvalue weighted by molar-refractivity contribution is -0.114. The topological polar surface area (TPSA) is 63.6 Å². The summed E-state index contributed by atoms with van der Waals surface area (Å²) in [6.45, 7) is 2.24. The molecule has 6 rings (SSSR count). The normalized spacial score (nSPS) is 31.8. The van der Waals surface area contributed by atoms with Crippen LogP contribution in [0.5, 0.6) is 5.75 Å². The Hall–Kier alpha value is -3.42. The van der Waals surface area contributed by atoms with Crippen molar-refractivity contribution in [2.75, 3.05) is 7.11 Å². The third kappa shape index (κ3) is 3.96. The molecule has 38 heavy (non-hydrogen) atoms. The fourth-order valence-electron chi connectivity index (χ4n) is 7.89. The molecule has 0 heterocycles. The molecule has 0 unspecified atom stereocenters. The van der Waals surface area contributed by atoms with Gasteiger partial charge in [0.15, 0.2) is 5.78 Å². The lowest BCUT2D eigenvalue weighted by atomic mass is 9.51. The Morgan fingerprint density at radius 3 is 2.74 bits per heavy atom. The Morgan fingerprint density at radius 1 is 1.08 bits per heavy atom. The van der Waals surface area contributed by atoms with Crippen LogP contribution in [0.3, 0.4) is 0 Å². The maximum atomic E-state index is 12.3. The first-order valence-electron chi connectivity index (χ1n) is 13.8. The number of hydrogen-bond acceptors (Lipinski definition) is 4. The number of ether oxygens (including phenoxy) is 1. The van der Waals surface area contributed by atoms with Gasteiger partial charge in [-0.15, -0.1) is 0 Å². The molecule has 0 saturated heterocycles. The number of ketones is 1. The molecule has 0 aromatic heterocycles. The first-order valence-corrected chi connectivity index (χ1v) is 13.8. The molecule has 4 aliphatic carbocycles. The van der Waals surface area contributed by atoms with Gasteiger partial charge in [0.25, 0.3) is 0 Å². The zero-order valence-electron chi connectivity index (χ0n) is 22.1. The number of carbonyl (C=O) groups excluding carboxylic acids is 2. The van der Waals surface area contributed by atoms with Gasteiger partial charge in [-0.1, -0.05) is 48.6 Å². The van der Waals surface area contributed by atoms with Gasteiger partial charge in [0.2, 0.25) is 0 Å². The average Bonchev–Trinajstić information content (AvgIpc) is 3.21. The van der Waals surface area contributed by atoms with Crippen LogP contribution in [0, 0.1) is 29.1 Å². The number of aliphatic hydroxyl groups is 1. The Kier molecular flexibility index (Phi) is 6.16. The van der Waals surface area contributed by atoms with Crippen LogP contribution in [0.2, 0.25) is 0 Å². The van der Waals surface area contributed by atoms with E-state index < -0.39 is 11.0 Å². The summed E-state index contributed by atoms with van der Waals surface area (Å²) in [5.41, 5.74) is 5.13. The van der Waals surface area contributed by atoms with Gasteiger partial charge in [-0.05, 0) is 97.4 Å². The summed E-state index contributed by atoms with van der Waals surface area (Å²) in [6, 6.07) is 15.6. The van der Waals surface area contributed by atoms with Crippen molar-refractivity contribution in [3.05, 3.63) is 88.0 Å². The maximum Gasteiger partial charge on any atom is 0.156 e. The predicted molar refractivity (Wildman–Crippen MR) is 147 cm³/mol. The largest absolute Gasteiger partial charge is 0.497 e. The Morgan fingerprint density at radius 2 is 1.92 bits per heavy atom. The molecular formula is C34H34O4. The number of aldehydes is 1. The van der Waals surface area contributed by atoms with Crippen LogP contribution in [0.15, 0.2) is 71.3 Å². The predicted octanol–water partition coefficient (Wildman–Crippen LogP) is 6.19. The smallest absolute Gasteiger partial charge is 0.156 e. The van der Waals surface area contributed by atoms with E-state index in [1.54, 1.807) is 19.2 Å². The van der Waals surface area contributed by atoms with E-state index in [4.69, 9.17) is 4.74 Å². The van der Waals surface area contributed by atoms with Crippen LogP contribution in [0.4, 0.5) is 0 Å². The van der Waals surface area contributed by atoms with Crippen molar-refractivity contribution in [2.45, 2.75) is 63.4 Å². The van der Waals surface area contributed by atoms with Gasteiger partial charge < -0.3 is 9.84 Å². The summed E-state index contributed by atoms with van der Waals surface area (Å²) in [7, 11) is 1.70. The van der Waals surface area contributed by atoms with E-state index >= 15 is 0 Å². The average molecular weight is 507 g/mol. The Bertz CT molecular complexity index is 1440. The van der Waals surface area contributed by atoms with Crippen LogP contribution in [-0.2, 0) is 4.79 Å². The number of rotatable bonds is 3. The van der Waals surface area contributed by atoms with Crippen molar-refractivity contribution in [3.63, 3.8) is 0 Å². The summed E-state index contributed by atoms with van der Waals surface area (Å²) in [5, 5.41) is 12.2. The van der Waals surface area contributed by atoms with Crippen LogP contribution in [0.1, 0.15) is 79.3 Å². The third-order valence-corrected chi connectivity index (χ3v) is 9.82. The molecule has 2 aromatic carbocycles. The number of hydrogen-bond donors (Lipinski definition) is 1. The molecule has 0 aliphatic heterocycles. The highest BCUT2D eigenvalue weighted by atomic mass is 16.5. The van der Waals surface area contributed by atoms with Gasteiger partial charge >= 0.3 is 0 Å². The number of carbonyl (C=O) groups is 2. The molecule has 0 bridgehead atoms. The fraction of sp³-hybridized carbons (Fsp3) is 0.412. The quantitative estimate of drug-likeness (QED) is 0.398. The zero-order valence-corrected chi connectivity index (χ0v) is 22.1. The van der Waals surface area contributed by atoms with Crippen LogP contribution in [0.25, 0.3) is 0 Å². The first-order chi connectivity index (χ1) is 18.3. The van der Waals surface area contributed by atoms with E-state index in [1.165, 1.54) is 22.3 Å². The number of allylic oxidation sites excluding steroid dienone is 4. The van der Waals surface area contributed by atoms with E-state index in [0.717, 1.165) is 49.7 Å². The summed E-state index contributed by atoms with van der Waals surface area (Å²) >= 11 is 0. The van der Waals surface area contributed by atoms with Gasteiger partial charge in [0.1, 0.15) is 17.6 Å². The SMILES string of the molecule is COc1cccc([C@H]2C[C@@]3(C)[C@@H](CC[C@@]3(O)C#Cc3cccc(C=O)c3)[C@@H]3CCC4=CC(=O)CCC4=C32)c1. The molecule has 4 heteroatoms. The van der Waals surface area contributed by atoms with Crippen LogP contribution in [-0.4, -0.2) is 29.9 Å². The number of methoxy groups -OCH3 is 1. The summed E-state index contributed by atoms with van der Waals surface area (Å²) in [5.74, 6) is 8.42. The monoisotopic (exact) mass is 506 g/mol. The molecular weight excluding hydrogens is 472 g/mol. The molecule has 2 fully saturated rings. The maximum absolute atomic E-state index is 12.3. The highest BCUT2D eigenvalue weighted by Gasteiger charge is 2.62. The zero-order chi connectivity index (χ0) is 26.5. The van der Waals surface area contributed by atoms with Gasteiger partial charge in [0.05, 0.1) is 7.11 Å². The highest BCUT2D eigenvalue weighted by molar-refractivity contribution is 5.93. The van der Waals surface area contributed by atoms with Crippen molar-refractivity contribution in [2.24, 2.45) is 17.3 Å². The standard InChI is InChI=1S/C34H34O4/c1-33-20-30(24-7-4-8-27(19-24)38-2)32-28-12-10-26(36)18-25(28)9-11-29(32)31(33)14-16-34(33,37)15-13-22-5-3-6-23(17-22)21-35/h3-8,17-19,21,29-31,37H,9-12,14,16,20H2,1-2H3/t29-,30+,31-,33-,34-/m0/s1. The van der Waals surface area contributed by atoms with Crippen molar-refractivity contribution in [3.8, 4) is 17.6 Å². The molecule has 0 spiro atoms. The van der Waals surface area contributed by atoms with Gasteiger partial charge in [-0.3, -0.25) is 9.59 Å². The molecule has 194 valence electrons. The van der Waals surface area contributed by atoms with Crippen LogP contribution >= 0.6 is 0 Å². The molecule has 4 aliphatic rings. The summed E-state index contributed by atoms with van der Waals surface area (Å²) < 4.78 is 5.59. The van der Waals surface area contributed by atoms with Crippen molar-refractivity contribution in [1.82, 2.24) is 0 Å². The lowest BCUT2D eigenvalue weighted by Gasteiger charge is -2.53. The minimum atomic E-state index is -1.12. The van der Waals surface area contributed by atoms with Gasteiger partial charge in [-0.2, -0.15) is 0 Å². The summed E-state index contributed by atoms with van der Waals surface area (Å²) in [4.78, 5) is 23.5. The third-order valence-electron chi connectivity index (χ3n) is 9.82.